The summed E-state index contributed by atoms with van der Waals surface area (Å²) in [4.78, 5) is 26.7. The zero-order valence-electron chi connectivity index (χ0n) is 13.2. The summed E-state index contributed by atoms with van der Waals surface area (Å²) in [6, 6.07) is 1.90. The van der Waals surface area contributed by atoms with E-state index in [-0.39, 0.29) is 11.8 Å². The van der Waals surface area contributed by atoms with Crippen LogP contribution in [0, 0.1) is 5.92 Å². The van der Waals surface area contributed by atoms with Gasteiger partial charge in [0.2, 0.25) is 5.91 Å². The zero-order chi connectivity index (χ0) is 16.1. The van der Waals surface area contributed by atoms with Gasteiger partial charge in [-0.25, -0.2) is 19.6 Å². The van der Waals surface area contributed by atoms with Gasteiger partial charge in [0.25, 0.3) is 0 Å². The fourth-order valence-electron chi connectivity index (χ4n) is 2.73. The lowest BCUT2D eigenvalue weighted by Gasteiger charge is -2.32. The summed E-state index contributed by atoms with van der Waals surface area (Å²) in [6.45, 7) is 4.45. The molecular weight excluding hydrogens is 294 g/mol. The van der Waals surface area contributed by atoms with E-state index in [0.717, 1.165) is 44.7 Å². The van der Waals surface area contributed by atoms with E-state index < -0.39 is 0 Å². The second kappa shape index (κ2) is 7.17. The highest BCUT2D eigenvalue weighted by Crippen LogP contribution is 2.22. The summed E-state index contributed by atoms with van der Waals surface area (Å²) in [6.07, 6.45) is 7.28. The van der Waals surface area contributed by atoms with Gasteiger partial charge in [0.1, 0.15) is 24.8 Å². The Balaban J connectivity index is 1.62. The van der Waals surface area contributed by atoms with Crippen molar-refractivity contribution in [1.29, 1.82) is 0 Å². The third-order valence-corrected chi connectivity index (χ3v) is 4.03. The molecule has 3 heterocycles. The average Bonchev–Trinajstić information content (AvgIpc) is 3.14. The number of anilines is 1. The molecule has 1 saturated heterocycles. The van der Waals surface area contributed by atoms with Crippen molar-refractivity contribution in [2.75, 3.05) is 24.5 Å². The van der Waals surface area contributed by atoms with E-state index in [0.29, 0.717) is 5.82 Å². The Morgan fingerprint density at radius 1 is 1.26 bits per heavy atom. The van der Waals surface area contributed by atoms with Gasteiger partial charge in [0, 0.05) is 31.6 Å². The highest BCUT2D eigenvalue weighted by molar-refractivity contribution is 5.78. The van der Waals surface area contributed by atoms with Crippen LogP contribution in [0.3, 0.4) is 0 Å². The molecule has 0 bridgehead atoms. The van der Waals surface area contributed by atoms with Crippen LogP contribution in [0.1, 0.15) is 26.2 Å². The molecule has 2 aromatic heterocycles. The lowest BCUT2D eigenvalue weighted by atomic mass is 9.96. The van der Waals surface area contributed by atoms with Crippen LogP contribution in [0.15, 0.2) is 25.0 Å². The van der Waals surface area contributed by atoms with E-state index in [1.165, 1.54) is 12.7 Å². The predicted molar refractivity (Wildman–Crippen MR) is 85.2 cm³/mol. The molecule has 3 rings (SSSR count). The van der Waals surface area contributed by atoms with E-state index in [2.05, 4.69) is 37.2 Å². The molecule has 0 saturated carbocycles. The number of nitrogens with zero attached hydrogens (tertiary/aromatic N) is 6. The highest BCUT2D eigenvalue weighted by Gasteiger charge is 2.25. The molecule has 0 spiro atoms. The smallest absolute Gasteiger partial charge is 0.223 e. The molecule has 0 unspecified atom stereocenters. The standard InChI is InChI=1S/C15H21N7O/c1-2-5-17-15(23)12-3-6-21(7-4-12)13-8-14(19-10-18-13)22-11-16-9-20-22/h8-12H,2-7H2,1H3,(H,17,23). The van der Waals surface area contributed by atoms with Crippen LogP contribution in [0.25, 0.3) is 5.82 Å². The summed E-state index contributed by atoms with van der Waals surface area (Å²) in [5.74, 6) is 1.83. The van der Waals surface area contributed by atoms with Gasteiger partial charge in [-0.05, 0) is 19.3 Å². The van der Waals surface area contributed by atoms with Gasteiger partial charge in [-0.2, -0.15) is 5.10 Å². The maximum atomic E-state index is 12.0. The largest absolute Gasteiger partial charge is 0.356 e. The minimum Gasteiger partial charge on any atom is -0.356 e. The van der Waals surface area contributed by atoms with Crippen LogP contribution in [-0.4, -0.2) is 50.3 Å². The van der Waals surface area contributed by atoms with Crippen LogP contribution in [0.2, 0.25) is 0 Å². The topological polar surface area (TPSA) is 88.8 Å². The van der Waals surface area contributed by atoms with Crippen molar-refractivity contribution in [3.05, 3.63) is 25.0 Å². The lowest BCUT2D eigenvalue weighted by molar-refractivity contribution is -0.125. The summed E-state index contributed by atoms with van der Waals surface area (Å²) < 4.78 is 1.61. The molecule has 1 aliphatic heterocycles. The SMILES string of the molecule is CCCNC(=O)C1CCN(c2cc(-n3cncn3)ncn2)CC1. The van der Waals surface area contributed by atoms with E-state index >= 15 is 0 Å². The monoisotopic (exact) mass is 315 g/mol. The predicted octanol–water partition coefficient (Wildman–Crippen LogP) is 0.800. The Morgan fingerprint density at radius 2 is 2.04 bits per heavy atom. The van der Waals surface area contributed by atoms with Crippen LogP contribution in [-0.2, 0) is 4.79 Å². The quantitative estimate of drug-likeness (QED) is 0.878. The molecule has 122 valence electrons. The molecule has 0 radical (unpaired) electrons. The first kappa shape index (κ1) is 15.4. The van der Waals surface area contributed by atoms with E-state index in [9.17, 15) is 4.79 Å². The van der Waals surface area contributed by atoms with Gasteiger partial charge >= 0.3 is 0 Å². The Hall–Kier alpha value is -2.51. The minimum atomic E-state index is 0.106. The molecule has 2 aromatic rings. The maximum absolute atomic E-state index is 12.0. The van der Waals surface area contributed by atoms with Crippen molar-refractivity contribution >= 4 is 11.7 Å². The third-order valence-electron chi connectivity index (χ3n) is 4.03. The Labute approximate surface area is 135 Å². The van der Waals surface area contributed by atoms with Crippen molar-refractivity contribution in [2.45, 2.75) is 26.2 Å². The van der Waals surface area contributed by atoms with Crippen molar-refractivity contribution in [1.82, 2.24) is 30.0 Å². The molecule has 0 aromatic carbocycles. The Bertz CT molecular complexity index is 635. The number of carbonyl (C=O) groups excluding carboxylic acids is 1. The summed E-state index contributed by atoms with van der Waals surface area (Å²) in [5.41, 5.74) is 0. The molecule has 1 amide bonds. The molecule has 23 heavy (non-hydrogen) atoms. The van der Waals surface area contributed by atoms with Crippen LogP contribution in [0.5, 0.6) is 0 Å². The first-order valence-corrected chi connectivity index (χ1v) is 7.97. The number of hydrogen-bond donors (Lipinski definition) is 1. The molecule has 1 N–H and O–H groups in total. The van der Waals surface area contributed by atoms with Gasteiger partial charge in [-0.3, -0.25) is 4.79 Å². The second-order valence-corrected chi connectivity index (χ2v) is 5.63. The van der Waals surface area contributed by atoms with E-state index in [4.69, 9.17) is 0 Å². The first-order valence-electron chi connectivity index (χ1n) is 7.97. The Kier molecular flexibility index (Phi) is 4.80. The second-order valence-electron chi connectivity index (χ2n) is 5.63. The number of rotatable bonds is 5. The van der Waals surface area contributed by atoms with Crippen LogP contribution >= 0.6 is 0 Å². The molecule has 8 heteroatoms. The third kappa shape index (κ3) is 3.64. The number of piperidine rings is 1. The number of nitrogens with one attached hydrogen (secondary N) is 1. The number of hydrogen-bond acceptors (Lipinski definition) is 6. The van der Waals surface area contributed by atoms with Crippen LogP contribution < -0.4 is 10.2 Å². The summed E-state index contributed by atoms with van der Waals surface area (Å²) in [5, 5.41) is 7.06. The van der Waals surface area contributed by atoms with Crippen molar-refractivity contribution in [3.63, 3.8) is 0 Å². The fourth-order valence-corrected chi connectivity index (χ4v) is 2.73. The average molecular weight is 315 g/mol. The molecule has 0 aliphatic carbocycles. The first-order chi connectivity index (χ1) is 11.3. The van der Waals surface area contributed by atoms with Gasteiger partial charge in [-0.15, -0.1) is 0 Å². The highest BCUT2D eigenvalue weighted by atomic mass is 16.1. The molecule has 1 fully saturated rings. The van der Waals surface area contributed by atoms with Gasteiger partial charge < -0.3 is 10.2 Å². The van der Waals surface area contributed by atoms with E-state index in [1.807, 2.05) is 6.07 Å². The van der Waals surface area contributed by atoms with Crippen molar-refractivity contribution in [2.24, 2.45) is 5.92 Å². The molecule has 0 atom stereocenters. The molecule has 1 aliphatic rings. The van der Waals surface area contributed by atoms with E-state index in [1.54, 1.807) is 11.0 Å². The zero-order valence-corrected chi connectivity index (χ0v) is 13.2. The fraction of sp³-hybridized carbons (Fsp3) is 0.533. The molecule has 8 nitrogen and oxygen atoms in total. The minimum absolute atomic E-state index is 0.106. The van der Waals surface area contributed by atoms with Gasteiger partial charge in [-0.1, -0.05) is 6.92 Å². The lowest BCUT2D eigenvalue weighted by Crippen LogP contribution is -2.41. The van der Waals surface area contributed by atoms with Crippen molar-refractivity contribution < 1.29 is 4.79 Å². The normalized spacial score (nSPS) is 15.6. The summed E-state index contributed by atoms with van der Waals surface area (Å²) in [7, 11) is 0. The van der Waals surface area contributed by atoms with Crippen molar-refractivity contribution in [3.8, 4) is 5.82 Å². The summed E-state index contributed by atoms with van der Waals surface area (Å²) >= 11 is 0. The number of carbonyl (C=O) groups is 1. The Morgan fingerprint density at radius 3 is 2.74 bits per heavy atom. The number of aromatic nitrogens is 5. The van der Waals surface area contributed by atoms with Gasteiger partial charge in [0.05, 0.1) is 0 Å². The van der Waals surface area contributed by atoms with Gasteiger partial charge in [0.15, 0.2) is 5.82 Å². The number of amides is 1. The maximum Gasteiger partial charge on any atom is 0.223 e. The van der Waals surface area contributed by atoms with Crippen LogP contribution in [0.4, 0.5) is 5.82 Å². The molecular formula is C15H21N7O.